The predicted molar refractivity (Wildman–Crippen MR) is 83.6 cm³/mol. The lowest BCUT2D eigenvalue weighted by Gasteiger charge is -2.16. The highest BCUT2D eigenvalue weighted by Gasteiger charge is 2.22. The normalized spacial score (nSPS) is 17.6. The number of carbonyl (C=O) groups excluding carboxylic acids is 1. The fourth-order valence-electron chi connectivity index (χ4n) is 3.02. The largest absolute Gasteiger partial charge is 0.341 e. The number of aryl methyl sites for hydroxylation is 1. The highest BCUT2D eigenvalue weighted by Crippen LogP contribution is 2.26. The smallest absolute Gasteiger partial charge is 0.225 e. The van der Waals surface area contributed by atoms with E-state index >= 15 is 0 Å². The molecule has 2 aliphatic heterocycles. The number of aromatic nitrogens is 4. The molecule has 2 aromatic rings. The summed E-state index contributed by atoms with van der Waals surface area (Å²) in [6, 6.07) is 1.82. The molecule has 2 aromatic heterocycles. The minimum Gasteiger partial charge on any atom is -0.341 e. The minimum atomic E-state index is 0.0849. The molecule has 22 heavy (non-hydrogen) atoms. The summed E-state index contributed by atoms with van der Waals surface area (Å²) >= 11 is 0. The molecule has 4 rings (SSSR count). The SMILES string of the molecule is Cc1cc2n(n1)C=C(c1cnc(N3CCCC3)nc1)CC2=O. The van der Waals surface area contributed by atoms with Gasteiger partial charge in [0.05, 0.1) is 5.69 Å². The van der Waals surface area contributed by atoms with Crippen molar-refractivity contribution in [1.82, 2.24) is 19.7 Å². The molecule has 0 bridgehead atoms. The third-order valence-corrected chi connectivity index (χ3v) is 4.17. The first kappa shape index (κ1) is 13.2. The van der Waals surface area contributed by atoms with Crippen molar-refractivity contribution in [3.8, 4) is 0 Å². The van der Waals surface area contributed by atoms with Crippen molar-refractivity contribution in [2.75, 3.05) is 18.0 Å². The molecule has 112 valence electrons. The molecule has 6 nitrogen and oxygen atoms in total. The summed E-state index contributed by atoms with van der Waals surface area (Å²) in [5.74, 6) is 0.862. The summed E-state index contributed by atoms with van der Waals surface area (Å²) in [7, 11) is 0. The molecule has 2 aliphatic rings. The first-order valence-electron chi connectivity index (χ1n) is 7.58. The summed E-state index contributed by atoms with van der Waals surface area (Å²) in [4.78, 5) is 23.3. The Morgan fingerprint density at radius 2 is 1.86 bits per heavy atom. The van der Waals surface area contributed by atoms with E-state index in [0.29, 0.717) is 12.1 Å². The standard InChI is InChI=1S/C16H17N5O/c1-11-6-14-15(22)7-12(10-21(14)19-11)13-8-17-16(18-9-13)20-4-2-3-5-20/h6,8-10H,2-5,7H2,1H3. The summed E-state index contributed by atoms with van der Waals surface area (Å²) in [5, 5.41) is 4.33. The summed E-state index contributed by atoms with van der Waals surface area (Å²) in [6.07, 6.45) is 8.29. The molecule has 0 atom stereocenters. The van der Waals surface area contributed by atoms with E-state index < -0.39 is 0 Å². The Bertz CT molecular complexity index is 753. The molecule has 0 unspecified atom stereocenters. The monoisotopic (exact) mass is 295 g/mol. The van der Waals surface area contributed by atoms with E-state index in [1.165, 1.54) is 12.8 Å². The van der Waals surface area contributed by atoms with E-state index in [4.69, 9.17) is 0 Å². The average Bonchev–Trinajstić information content (AvgIpc) is 3.16. The van der Waals surface area contributed by atoms with Gasteiger partial charge in [0.25, 0.3) is 0 Å². The van der Waals surface area contributed by atoms with Gasteiger partial charge in [-0.15, -0.1) is 0 Å². The number of nitrogens with zero attached hydrogens (tertiary/aromatic N) is 5. The lowest BCUT2D eigenvalue weighted by Crippen LogP contribution is -2.20. The Balaban J connectivity index is 1.64. The minimum absolute atomic E-state index is 0.0849. The van der Waals surface area contributed by atoms with Gasteiger partial charge in [0, 0.05) is 43.7 Å². The number of hydrogen-bond donors (Lipinski definition) is 0. The second-order valence-corrected chi connectivity index (χ2v) is 5.84. The number of rotatable bonds is 2. The van der Waals surface area contributed by atoms with Gasteiger partial charge in [-0.3, -0.25) is 4.79 Å². The van der Waals surface area contributed by atoms with Crippen molar-refractivity contribution in [1.29, 1.82) is 0 Å². The summed E-state index contributed by atoms with van der Waals surface area (Å²) < 4.78 is 1.66. The van der Waals surface area contributed by atoms with Crippen molar-refractivity contribution in [3.63, 3.8) is 0 Å². The fourth-order valence-corrected chi connectivity index (χ4v) is 3.02. The van der Waals surface area contributed by atoms with Crippen molar-refractivity contribution < 1.29 is 4.79 Å². The molecular weight excluding hydrogens is 278 g/mol. The van der Waals surface area contributed by atoms with Crippen molar-refractivity contribution in [2.24, 2.45) is 0 Å². The highest BCUT2D eigenvalue weighted by atomic mass is 16.1. The first-order valence-corrected chi connectivity index (χ1v) is 7.58. The molecule has 0 radical (unpaired) electrons. The zero-order chi connectivity index (χ0) is 15.1. The average molecular weight is 295 g/mol. The van der Waals surface area contributed by atoms with Crippen molar-refractivity contribution >= 4 is 23.5 Å². The number of Topliss-reactive ketones (excluding diaryl/α,β-unsaturated/α-hetero) is 1. The van der Waals surface area contributed by atoms with E-state index in [-0.39, 0.29) is 5.78 Å². The number of anilines is 1. The Morgan fingerprint density at radius 1 is 1.14 bits per heavy atom. The number of fused-ring (bicyclic) bond motifs is 1. The zero-order valence-corrected chi connectivity index (χ0v) is 12.5. The van der Waals surface area contributed by atoms with Gasteiger partial charge >= 0.3 is 0 Å². The number of carbonyl (C=O) groups is 1. The second kappa shape index (κ2) is 5.05. The van der Waals surface area contributed by atoms with Gasteiger partial charge in [-0.2, -0.15) is 5.10 Å². The lowest BCUT2D eigenvalue weighted by molar-refractivity contribution is 0.0989. The van der Waals surface area contributed by atoms with Crippen molar-refractivity contribution in [2.45, 2.75) is 26.2 Å². The molecule has 0 aliphatic carbocycles. The van der Waals surface area contributed by atoms with Crippen LogP contribution in [0.4, 0.5) is 5.95 Å². The maximum atomic E-state index is 12.2. The third-order valence-electron chi connectivity index (χ3n) is 4.17. The van der Waals surface area contributed by atoms with E-state index in [1.54, 1.807) is 17.1 Å². The topological polar surface area (TPSA) is 63.9 Å². The molecular formula is C16H17N5O. The van der Waals surface area contributed by atoms with E-state index in [9.17, 15) is 4.79 Å². The van der Waals surface area contributed by atoms with E-state index in [2.05, 4.69) is 20.0 Å². The quantitative estimate of drug-likeness (QED) is 0.849. The number of allylic oxidation sites excluding steroid dienone is 1. The van der Waals surface area contributed by atoms with E-state index in [0.717, 1.165) is 35.9 Å². The molecule has 6 heteroatoms. The Hall–Kier alpha value is -2.50. The molecule has 1 saturated heterocycles. The maximum absolute atomic E-state index is 12.2. The molecule has 1 fully saturated rings. The van der Waals surface area contributed by atoms with Crippen LogP contribution in [-0.4, -0.2) is 38.6 Å². The van der Waals surface area contributed by atoms with Crippen LogP contribution in [0.2, 0.25) is 0 Å². The van der Waals surface area contributed by atoms with Crippen LogP contribution in [0, 0.1) is 6.92 Å². The van der Waals surface area contributed by atoms with Gasteiger partial charge in [-0.1, -0.05) is 0 Å². The molecule has 0 amide bonds. The van der Waals surface area contributed by atoms with Crippen LogP contribution in [0.3, 0.4) is 0 Å². The Morgan fingerprint density at radius 3 is 2.59 bits per heavy atom. The van der Waals surface area contributed by atoms with Crippen LogP contribution in [-0.2, 0) is 0 Å². The third kappa shape index (κ3) is 2.20. The zero-order valence-electron chi connectivity index (χ0n) is 12.5. The van der Waals surface area contributed by atoms with E-state index in [1.807, 2.05) is 19.2 Å². The Kier molecular flexibility index (Phi) is 3.03. The molecule has 0 N–H and O–H groups in total. The molecule has 4 heterocycles. The van der Waals surface area contributed by atoms with Crippen LogP contribution >= 0.6 is 0 Å². The van der Waals surface area contributed by atoms with Gasteiger partial charge < -0.3 is 4.90 Å². The van der Waals surface area contributed by atoms with Gasteiger partial charge in [0.1, 0.15) is 5.69 Å². The van der Waals surface area contributed by atoms with Crippen LogP contribution in [0.1, 0.15) is 41.0 Å². The van der Waals surface area contributed by atoms with Crippen LogP contribution in [0.5, 0.6) is 0 Å². The maximum Gasteiger partial charge on any atom is 0.225 e. The fraction of sp³-hybridized carbons (Fsp3) is 0.375. The second-order valence-electron chi connectivity index (χ2n) is 5.84. The summed E-state index contributed by atoms with van der Waals surface area (Å²) in [5.41, 5.74) is 3.29. The number of hydrogen-bond acceptors (Lipinski definition) is 5. The van der Waals surface area contributed by atoms with Gasteiger partial charge in [-0.25, -0.2) is 14.6 Å². The Labute approximate surface area is 128 Å². The van der Waals surface area contributed by atoms with Crippen LogP contribution in [0.15, 0.2) is 18.5 Å². The molecule has 0 saturated carbocycles. The summed E-state index contributed by atoms with van der Waals surface area (Å²) in [6.45, 7) is 3.94. The van der Waals surface area contributed by atoms with Crippen LogP contribution in [0.25, 0.3) is 11.8 Å². The van der Waals surface area contributed by atoms with Crippen molar-refractivity contribution in [3.05, 3.63) is 35.4 Å². The lowest BCUT2D eigenvalue weighted by atomic mass is 10.0. The predicted octanol–water partition coefficient (Wildman–Crippen LogP) is 2.17. The van der Waals surface area contributed by atoms with Crippen LogP contribution < -0.4 is 4.90 Å². The molecule has 0 spiro atoms. The highest BCUT2D eigenvalue weighted by molar-refractivity contribution is 6.06. The van der Waals surface area contributed by atoms with Gasteiger partial charge in [0.15, 0.2) is 5.78 Å². The molecule has 0 aromatic carbocycles. The first-order chi connectivity index (χ1) is 10.7. The van der Waals surface area contributed by atoms with Gasteiger partial charge in [-0.05, 0) is 31.4 Å². The number of ketones is 1. The van der Waals surface area contributed by atoms with Gasteiger partial charge in [0.2, 0.25) is 5.95 Å².